The molecule has 1 aliphatic heterocycles. The molecular weight excluding hydrogens is 953 g/mol. The van der Waals surface area contributed by atoms with Crippen LogP contribution in [0, 0.1) is 16.7 Å². The van der Waals surface area contributed by atoms with Gasteiger partial charge < -0.3 is 53.9 Å². The molecule has 3 heterocycles. The summed E-state index contributed by atoms with van der Waals surface area (Å²) < 4.78 is 39.2. The second-order valence-corrected chi connectivity index (χ2v) is 20.0. The number of aliphatic carboxylic acids is 1. The number of nitrogens with one attached hydrogen (secondary N) is 1. The Morgan fingerprint density at radius 3 is 2.08 bits per heavy atom. The van der Waals surface area contributed by atoms with Gasteiger partial charge in [0.05, 0.1) is 35.7 Å². The Balaban J connectivity index is 0.00000183. The minimum absolute atomic E-state index is 0.0325. The van der Waals surface area contributed by atoms with Crippen LogP contribution >= 0.6 is 11.3 Å². The molecule has 0 radical (unpaired) electrons. The van der Waals surface area contributed by atoms with Crippen molar-refractivity contribution < 1.29 is 81.9 Å². The summed E-state index contributed by atoms with van der Waals surface area (Å²) in [7, 11) is 1.71. The molecule has 2 aromatic carbocycles. The summed E-state index contributed by atoms with van der Waals surface area (Å²) in [6.45, 7) is 9.15. The molecule has 1 amide bonds. The minimum Gasteiger partial charge on any atom is -0.550 e. The molecule has 0 spiro atoms. The number of benzene rings is 2. The second kappa shape index (κ2) is 20.7. The maximum atomic E-state index is 15.7. The highest BCUT2D eigenvalue weighted by molar-refractivity contribution is 7.08. The average Bonchev–Trinajstić information content (AvgIpc) is 3.87. The van der Waals surface area contributed by atoms with E-state index in [4.69, 9.17) is 38.3 Å². The topological polar surface area (TPSA) is 254 Å². The third kappa shape index (κ3) is 9.77. The fourth-order valence-electron chi connectivity index (χ4n) is 10.9. The van der Waals surface area contributed by atoms with Crippen LogP contribution in [-0.4, -0.2) is 106 Å². The number of pyridine rings is 1. The summed E-state index contributed by atoms with van der Waals surface area (Å²) in [5.41, 5.74) is -6.70. The smallest absolute Gasteiger partial charge is 0.368 e. The Labute approximate surface area is 419 Å². The van der Waals surface area contributed by atoms with Gasteiger partial charge in [-0.15, -0.1) is 0 Å². The number of carboxylic acids is 1. The Morgan fingerprint density at radius 2 is 1.51 bits per heavy atom. The van der Waals surface area contributed by atoms with Gasteiger partial charge in [0.1, 0.15) is 37.0 Å². The van der Waals surface area contributed by atoms with Crippen molar-refractivity contribution in [2.75, 3.05) is 6.61 Å². The largest absolute Gasteiger partial charge is 0.550 e. The van der Waals surface area contributed by atoms with Crippen LogP contribution in [0.15, 0.2) is 113 Å². The molecule has 72 heavy (non-hydrogen) atoms. The van der Waals surface area contributed by atoms with Gasteiger partial charge in [-0.05, 0) is 67.1 Å². The summed E-state index contributed by atoms with van der Waals surface area (Å²) in [6.07, 6.45) is -8.28. The first-order valence-corrected chi connectivity index (χ1v) is 24.2. The van der Waals surface area contributed by atoms with E-state index in [0.717, 1.165) is 13.8 Å². The predicted octanol–water partition coefficient (Wildman–Crippen LogP) is 3.46. The van der Waals surface area contributed by atoms with Crippen molar-refractivity contribution in [2.24, 2.45) is 23.8 Å². The predicted molar refractivity (Wildman–Crippen MR) is 252 cm³/mol. The number of ketones is 1. The number of rotatable bonds is 12. The highest BCUT2D eigenvalue weighted by atomic mass is 32.1. The van der Waals surface area contributed by atoms with Gasteiger partial charge in [-0.3, -0.25) is 19.2 Å². The fraction of sp³-hybridized carbons (Fsp3) is 0.434. The van der Waals surface area contributed by atoms with Crippen molar-refractivity contribution in [2.45, 2.75) is 115 Å². The number of carbonyl (C=O) groups is 7. The number of nitrogens with zero attached hydrogens (tertiary/aromatic N) is 1. The lowest BCUT2D eigenvalue weighted by atomic mass is 9.44. The van der Waals surface area contributed by atoms with Crippen molar-refractivity contribution >= 4 is 52.9 Å². The molecule has 4 aliphatic rings. The van der Waals surface area contributed by atoms with Gasteiger partial charge in [0.15, 0.2) is 23.7 Å². The summed E-state index contributed by atoms with van der Waals surface area (Å²) in [5.74, 6) is -7.32. The van der Waals surface area contributed by atoms with Crippen LogP contribution in [-0.2, 0) is 54.7 Å². The standard InChI is InChI=1S/C51H54N2O14S.C2H4O2/c1-28-34(64-47(60)41(65-37-20-14-15-22-53(37)7)39(31-16-10-8-11-17-31)52-45(58)32-18-12-9-13-19-32)25-51(61)44(66-46(59)33-21-23-68-26-33)42-49(6,35(56)24-36-50(42,27-62-36)67-30(3)55)43(57)40(63-29(2)54)38(28)48(51,4)5;1-2(3)4/h8-23,26,34-36,39-42,44,56,61H,24-25,27H2,1-7H3;1H3,(H,3,4)/t34-,35-,36+,39-,40+,41+,42-,44-,49+,50-,51+;/m0./s1. The lowest BCUT2D eigenvalue weighted by Gasteiger charge is -2.67. The second-order valence-electron chi connectivity index (χ2n) is 19.2. The van der Waals surface area contributed by atoms with Crippen LogP contribution in [0.5, 0.6) is 5.88 Å². The third-order valence-corrected chi connectivity index (χ3v) is 15.1. The molecule has 1 saturated heterocycles. The number of hydrogen-bond donors (Lipinski definition) is 3. The van der Waals surface area contributed by atoms with E-state index in [9.17, 15) is 29.4 Å². The SMILES string of the molecule is CC(=O)O[C@H]1C(=O)[C@@]2(C)[C@H]([C@H](OC(=O)c3ccsc3)[C@]3(O)C[C@H](OC(=O)[C@H](Oc4cccc[n+]4C)[C@@H](NC(=O)c4ccccc4)c4ccccc4)C(C)=C1C3(C)C)[C@]1(OC(C)=O)CO[C@@H]1C[C@@H]2O.CC(=O)[O-]. The molecule has 2 saturated carbocycles. The first kappa shape index (κ1) is 53.0. The molecule has 2 bridgehead atoms. The summed E-state index contributed by atoms with van der Waals surface area (Å²) in [6, 6.07) is 22.5. The number of amides is 1. The van der Waals surface area contributed by atoms with Crippen LogP contribution < -0.4 is 19.7 Å². The molecule has 3 N–H and O–H groups in total. The van der Waals surface area contributed by atoms with Crippen molar-refractivity contribution in [1.82, 2.24) is 5.32 Å². The normalized spacial score (nSPS) is 28.7. The van der Waals surface area contributed by atoms with Gasteiger partial charge in [0.25, 0.3) is 5.91 Å². The molecule has 3 fully saturated rings. The van der Waals surface area contributed by atoms with E-state index in [1.54, 1.807) is 128 Å². The summed E-state index contributed by atoms with van der Waals surface area (Å²) >= 11 is 1.22. The van der Waals surface area contributed by atoms with Gasteiger partial charge >= 0.3 is 29.8 Å². The molecule has 19 heteroatoms. The first-order chi connectivity index (χ1) is 34.0. The molecule has 4 aromatic rings. The van der Waals surface area contributed by atoms with Gasteiger partial charge in [0.2, 0.25) is 6.10 Å². The number of esters is 4. The zero-order valence-corrected chi connectivity index (χ0v) is 41.8. The number of thiophene rings is 1. The number of carboxylic acid groups (broad SMARTS) is 1. The van der Waals surface area contributed by atoms with E-state index >= 15 is 9.59 Å². The molecule has 2 aromatic heterocycles. The van der Waals surface area contributed by atoms with Gasteiger partial charge in [-0.2, -0.15) is 15.9 Å². The summed E-state index contributed by atoms with van der Waals surface area (Å²) in [4.78, 5) is 94.5. The monoisotopic (exact) mass is 1010 g/mol. The van der Waals surface area contributed by atoms with Crippen molar-refractivity contribution in [3.05, 3.63) is 130 Å². The van der Waals surface area contributed by atoms with Crippen molar-refractivity contribution in [1.29, 1.82) is 0 Å². The van der Waals surface area contributed by atoms with E-state index in [2.05, 4.69) is 5.32 Å². The highest BCUT2D eigenvalue weighted by Crippen LogP contribution is 2.64. The summed E-state index contributed by atoms with van der Waals surface area (Å²) in [5, 5.41) is 41.2. The van der Waals surface area contributed by atoms with Gasteiger partial charge in [-0.25, -0.2) is 9.59 Å². The van der Waals surface area contributed by atoms with E-state index < -0.39 is 119 Å². The van der Waals surface area contributed by atoms with Gasteiger partial charge in [0, 0.05) is 55.1 Å². The quantitative estimate of drug-likeness (QED) is 0.0795. The number of ether oxygens (including phenoxy) is 6. The molecule has 11 atom stereocenters. The van der Waals surface area contributed by atoms with Crippen molar-refractivity contribution in [3.63, 3.8) is 0 Å². The zero-order chi connectivity index (χ0) is 52.5. The van der Waals surface area contributed by atoms with Gasteiger partial charge in [-0.1, -0.05) is 62.4 Å². The minimum atomic E-state index is -2.38. The maximum absolute atomic E-state index is 15.7. The van der Waals surface area contributed by atoms with E-state index in [-0.39, 0.29) is 35.6 Å². The molecular formula is C53H58N2O16S. The number of fused-ring (bicyclic) bond motifs is 5. The van der Waals surface area contributed by atoms with Crippen LogP contribution in [0.2, 0.25) is 0 Å². The van der Waals surface area contributed by atoms with Crippen LogP contribution in [0.1, 0.15) is 93.6 Å². The van der Waals surface area contributed by atoms with Crippen LogP contribution in [0.25, 0.3) is 0 Å². The Kier molecular flexibility index (Phi) is 15.3. The highest BCUT2D eigenvalue weighted by Gasteiger charge is 2.78. The van der Waals surface area contributed by atoms with E-state index in [0.29, 0.717) is 11.1 Å². The third-order valence-electron chi connectivity index (χ3n) is 14.5. The number of aliphatic hydroxyl groups excluding tert-OH is 1. The molecule has 8 rings (SSSR count). The van der Waals surface area contributed by atoms with Crippen molar-refractivity contribution in [3.8, 4) is 5.88 Å². The Morgan fingerprint density at radius 1 is 0.875 bits per heavy atom. The number of aryl methyl sites for hydroxylation is 1. The zero-order valence-electron chi connectivity index (χ0n) is 41.0. The lowest BCUT2D eigenvalue weighted by molar-refractivity contribution is -0.677. The molecule has 3 aliphatic carbocycles. The fourth-order valence-corrected chi connectivity index (χ4v) is 11.5. The van der Waals surface area contributed by atoms with E-state index in [1.165, 1.54) is 31.3 Å². The van der Waals surface area contributed by atoms with Crippen LogP contribution in [0.3, 0.4) is 0 Å². The Bertz CT molecular complexity index is 2740. The van der Waals surface area contributed by atoms with Crippen LogP contribution in [0.4, 0.5) is 0 Å². The Hall–Kier alpha value is -6.80. The lowest BCUT2D eigenvalue weighted by Crippen LogP contribution is -2.82. The molecule has 382 valence electrons. The van der Waals surface area contributed by atoms with E-state index in [1.807, 2.05) is 0 Å². The first-order valence-electron chi connectivity index (χ1n) is 23.3. The number of aromatic nitrogens is 1. The number of hydrogen-bond acceptors (Lipinski definition) is 17. The number of carbonyl (C=O) groups excluding carboxylic acids is 7. The molecule has 18 nitrogen and oxygen atoms in total. The molecule has 0 unspecified atom stereocenters. The number of aliphatic hydroxyl groups is 2. The number of Topliss-reactive ketones (excluding diaryl/α,β-unsaturated/α-hetero) is 1. The maximum Gasteiger partial charge on any atom is 0.368 e. The average molecular weight is 1010 g/mol.